The molecule has 6 rings (SSSR count). The lowest BCUT2D eigenvalue weighted by atomic mass is 10.0. The van der Waals surface area contributed by atoms with Gasteiger partial charge in [0.05, 0.1) is 22.7 Å². The molecule has 1 aliphatic heterocycles. The molecule has 1 unspecified atom stereocenters. The van der Waals surface area contributed by atoms with Gasteiger partial charge < -0.3 is 15.4 Å². The van der Waals surface area contributed by atoms with Gasteiger partial charge in [-0.3, -0.25) is 4.72 Å². The Morgan fingerprint density at radius 3 is 2.65 bits per heavy atom. The smallest absolute Gasteiger partial charge is 0.236 e. The van der Waals surface area contributed by atoms with Crippen molar-refractivity contribution in [1.82, 2.24) is 20.3 Å². The van der Waals surface area contributed by atoms with Crippen molar-refractivity contribution in [3.8, 4) is 22.9 Å². The summed E-state index contributed by atoms with van der Waals surface area (Å²) in [6.07, 6.45) is 5.51. The standard InChI is InChI=1S/C32H31FN6O3S/c1-21-9-14-25-26(6-2-8-29(25)39-43(40,41)20-22-10-12-23(33)13-11-22)30(21)42-31-27(7-4-17-35-31)28-15-18-36-32(38-28)37-24-5-3-16-34-19-24/h2,4,6-15,17-18,24,34,39H,3,5,16,19-20H2,1H3,(H,36,37,38). The predicted octanol–water partition coefficient (Wildman–Crippen LogP) is 6.04. The quantitative estimate of drug-likeness (QED) is 0.188. The molecule has 0 amide bonds. The van der Waals surface area contributed by atoms with E-state index in [1.165, 1.54) is 24.3 Å². The SMILES string of the molecule is Cc1ccc2c(NS(=O)(=O)Cc3ccc(F)cc3)cccc2c1Oc1ncccc1-c1ccnc(NC2CCCNC2)n1. The highest BCUT2D eigenvalue weighted by atomic mass is 32.2. The summed E-state index contributed by atoms with van der Waals surface area (Å²) < 4.78 is 48.5. The maximum absolute atomic E-state index is 13.3. The van der Waals surface area contributed by atoms with E-state index in [2.05, 4.69) is 25.3 Å². The first-order valence-electron chi connectivity index (χ1n) is 14.1. The molecule has 1 saturated heterocycles. The summed E-state index contributed by atoms with van der Waals surface area (Å²) in [7, 11) is -3.78. The normalized spacial score (nSPS) is 15.3. The van der Waals surface area contributed by atoms with E-state index in [-0.39, 0.29) is 11.8 Å². The number of aromatic nitrogens is 3. The van der Waals surface area contributed by atoms with Gasteiger partial charge in [-0.1, -0.05) is 36.4 Å². The van der Waals surface area contributed by atoms with Gasteiger partial charge in [0, 0.05) is 35.8 Å². The maximum Gasteiger partial charge on any atom is 0.236 e. The van der Waals surface area contributed by atoms with Gasteiger partial charge in [-0.25, -0.2) is 27.8 Å². The molecule has 0 spiro atoms. The number of hydrogen-bond donors (Lipinski definition) is 3. The van der Waals surface area contributed by atoms with E-state index in [0.29, 0.717) is 50.9 Å². The van der Waals surface area contributed by atoms with Crippen molar-refractivity contribution in [2.45, 2.75) is 31.6 Å². The average molecular weight is 599 g/mol. The molecule has 2 aromatic heterocycles. The zero-order valence-corrected chi connectivity index (χ0v) is 24.4. The number of pyridine rings is 1. The number of sulfonamides is 1. The van der Waals surface area contributed by atoms with Crippen LogP contribution in [-0.4, -0.2) is 42.5 Å². The molecule has 11 heteroatoms. The summed E-state index contributed by atoms with van der Waals surface area (Å²) in [5.74, 6) is 0.751. The number of fused-ring (bicyclic) bond motifs is 1. The second kappa shape index (κ2) is 12.3. The molecule has 1 atom stereocenters. The fraction of sp³-hybridized carbons (Fsp3) is 0.219. The van der Waals surface area contributed by atoms with Crippen LogP contribution < -0.4 is 20.1 Å². The molecule has 9 nitrogen and oxygen atoms in total. The Balaban J connectivity index is 1.29. The maximum atomic E-state index is 13.3. The largest absolute Gasteiger partial charge is 0.437 e. The zero-order chi connectivity index (χ0) is 29.8. The molecule has 220 valence electrons. The first-order valence-corrected chi connectivity index (χ1v) is 15.7. The van der Waals surface area contributed by atoms with Gasteiger partial charge in [-0.2, -0.15) is 0 Å². The van der Waals surface area contributed by atoms with Gasteiger partial charge in [0.1, 0.15) is 11.6 Å². The fourth-order valence-electron chi connectivity index (χ4n) is 5.17. The molecule has 3 aromatic carbocycles. The fourth-order valence-corrected chi connectivity index (χ4v) is 6.38. The van der Waals surface area contributed by atoms with Gasteiger partial charge in [-0.05, 0) is 73.8 Å². The van der Waals surface area contributed by atoms with Gasteiger partial charge in [0.2, 0.25) is 21.9 Å². The molecule has 5 aromatic rings. The predicted molar refractivity (Wildman–Crippen MR) is 166 cm³/mol. The van der Waals surface area contributed by atoms with Crippen molar-refractivity contribution in [1.29, 1.82) is 0 Å². The van der Waals surface area contributed by atoms with Crippen LogP contribution in [0.25, 0.3) is 22.0 Å². The third kappa shape index (κ3) is 6.73. The Morgan fingerprint density at radius 1 is 0.977 bits per heavy atom. The third-order valence-corrected chi connectivity index (χ3v) is 8.52. The summed E-state index contributed by atoms with van der Waals surface area (Å²) in [4.78, 5) is 13.7. The molecule has 1 aliphatic rings. The van der Waals surface area contributed by atoms with Gasteiger partial charge in [0.25, 0.3) is 0 Å². The van der Waals surface area contributed by atoms with Crippen molar-refractivity contribution in [3.63, 3.8) is 0 Å². The number of benzene rings is 3. The van der Waals surface area contributed by atoms with E-state index in [0.717, 1.165) is 31.5 Å². The lowest BCUT2D eigenvalue weighted by molar-refractivity contribution is 0.466. The summed E-state index contributed by atoms with van der Waals surface area (Å²) in [6, 6.07) is 20.3. The van der Waals surface area contributed by atoms with E-state index < -0.39 is 15.8 Å². The first kappa shape index (κ1) is 28.5. The highest BCUT2D eigenvalue weighted by Gasteiger charge is 2.19. The van der Waals surface area contributed by atoms with Crippen LogP contribution in [0.3, 0.4) is 0 Å². The van der Waals surface area contributed by atoms with Crippen LogP contribution in [-0.2, 0) is 15.8 Å². The number of nitrogens with zero attached hydrogens (tertiary/aromatic N) is 3. The Morgan fingerprint density at radius 2 is 1.84 bits per heavy atom. The average Bonchev–Trinajstić information content (AvgIpc) is 3.00. The summed E-state index contributed by atoms with van der Waals surface area (Å²) >= 11 is 0. The molecule has 3 heterocycles. The second-order valence-electron chi connectivity index (χ2n) is 10.5. The molecule has 1 fully saturated rings. The van der Waals surface area contributed by atoms with Crippen LogP contribution in [0.15, 0.2) is 85.2 Å². The minimum Gasteiger partial charge on any atom is -0.437 e. The van der Waals surface area contributed by atoms with Gasteiger partial charge >= 0.3 is 0 Å². The summed E-state index contributed by atoms with van der Waals surface area (Å²) in [5, 5.41) is 8.19. The number of rotatable bonds is 9. The lowest BCUT2D eigenvalue weighted by Gasteiger charge is -2.23. The Kier molecular flexibility index (Phi) is 8.17. The monoisotopic (exact) mass is 598 g/mol. The highest BCUT2D eigenvalue weighted by molar-refractivity contribution is 7.91. The van der Waals surface area contributed by atoms with E-state index in [4.69, 9.17) is 9.72 Å². The number of anilines is 2. The Bertz CT molecular complexity index is 1860. The lowest BCUT2D eigenvalue weighted by Crippen LogP contribution is -2.38. The number of aryl methyl sites for hydroxylation is 1. The number of nitrogens with one attached hydrogen (secondary N) is 3. The molecular weight excluding hydrogens is 567 g/mol. The number of piperidine rings is 1. The van der Waals surface area contributed by atoms with E-state index in [1.807, 2.05) is 43.3 Å². The van der Waals surface area contributed by atoms with Crippen molar-refractivity contribution in [3.05, 3.63) is 102 Å². The van der Waals surface area contributed by atoms with E-state index in [9.17, 15) is 12.8 Å². The van der Waals surface area contributed by atoms with Gasteiger partial charge in [0.15, 0.2) is 0 Å². The number of hydrogen-bond acceptors (Lipinski definition) is 8. The molecule has 0 saturated carbocycles. The summed E-state index contributed by atoms with van der Waals surface area (Å²) in [5.41, 5.74) is 3.11. The van der Waals surface area contributed by atoms with Crippen molar-refractivity contribution >= 4 is 32.4 Å². The van der Waals surface area contributed by atoms with Crippen LogP contribution >= 0.6 is 0 Å². The second-order valence-corrected chi connectivity index (χ2v) is 12.2. The van der Waals surface area contributed by atoms with Gasteiger partial charge in [-0.15, -0.1) is 0 Å². The molecule has 0 aliphatic carbocycles. The molecule has 3 N–H and O–H groups in total. The van der Waals surface area contributed by atoms with Crippen LogP contribution in [0.4, 0.5) is 16.0 Å². The minimum absolute atomic E-state index is 0.259. The Hall–Kier alpha value is -4.61. The number of ether oxygens (including phenoxy) is 1. The zero-order valence-electron chi connectivity index (χ0n) is 23.5. The molecular formula is C32H31FN6O3S. The third-order valence-electron chi connectivity index (χ3n) is 7.28. The van der Waals surface area contributed by atoms with Crippen molar-refractivity contribution in [2.24, 2.45) is 0 Å². The van der Waals surface area contributed by atoms with E-state index in [1.54, 1.807) is 24.5 Å². The Labute approximate surface area is 249 Å². The van der Waals surface area contributed by atoms with Crippen molar-refractivity contribution in [2.75, 3.05) is 23.1 Å². The van der Waals surface area contributed by atoms with Crippen LogP contribution in [0.5, 0.6) is 11.6 Å². The number of halogens is 1. The highest BCUT2D eigenvalue weighted by Crippen LogP contribution is 2.39. The minimum atomic E-state index is -3.78. The topological polar surface area (TPSA) is 118 Å². The van der Waals surface area contributed by atoms with Crippen LogP contribution in [0.2, 0.25) is 0 Å². The van der Waals surface area contributed by atoms with Crippen molar-refractivity contribution < 1.29 is 17.5 Å². The molecule has 0 radical (unpaired) electrons. The van der Waals surface area contributed by atoms with Crippen LogP contribution in [0.1, 0.15) is 24.0 Å². The van der Waals surface area contributed by atoms with Crippen LogP contribution in [0, 0.1) is 12.7 Å². The molecule has 43 heavy (non-hydrogen) atoms. The first-order chi connectivity index (χ1) is 20.8. The molecule has 0 bridgehead atoms. The summed E-state index contributed by atoms with van der Waals surface area (Å²) in [6.45, 7) is 3.81. The van der Waals surface area contributed by atoms with E-state index >= 15 is 0 Å².